The highest BCUT2D eigenvalue weighted by Gasteiger charge is 2.29. The molecule has 0 spiro atoms. The molecule has 0 aromatic carbocycles. The van der Waals surface area contributed by atoms with Crippen LogP contribution in [0.5, 0.6) is 0 Å². The molecule has 3 atom stereocenters. The van der Waals surface area contributed by atoms with Crippen molar-refractivity contribution >= 4 is 18.3 Å². The van der Waals surface area contributed by atoms with Crippen LogP contribution in [0, 0.1) is 5.92 Å². The molecule has 1 unspecified atom stereocenters. The number of carbonyl (C=O) groups excluding carboxylic acids is 1. The molecule has 0 aromatic rings. The maximum Gasteiger partial charge on any atom is 0.222 e. The van der Waals surface area contributed by atoms with Gasteiger partial charge in [0.1, 0.15) is 0 Å². The van der Waals surface area contributed by atoms with Crippen LogP contribution < -0.4 is 5.73 Å². The van der Waals surface area contributed by atoms with E-state index in [4.69, 9.17) is 10.5 Å². The second-order valence-corrected chi connectivity index (χ2v) is 5.40. The van der Waals surface area contributed by atoms with Crippen molar-refractivity contribution in [2.45, 2.75) is 50.7 Å². The van der Waals surface area contributed by atoms with Crippen LogP contribution in [0.15, 0.2) is 0 Å². The topological polar surface area (TPSA) is 55.6 Å². The predicted octanol–water partition coefficient (Wildman–Crippen LogP) is 1.56. The molecule has 0 aromatic heterocycles. The third kappa shape index (κ3) is 3.84. The zero-order chi connectivity index (χ0) is 12.3. The fourth-order valence-electron chi connectivity index (χ4n) is 3.03. The van der Waals surface area contributed by atoms with Crippen LogP contribution in [0.1, 0.15) is 38.5 Å². The molecule has 1 amide bonds. The predicted molar refractivity (Wildman–Crippen MR) is 73.8 cm³/mol. The van der Waals surface area contributed by atoms with Crippen LogP contribution in [0.25, 0.3) is 0 Å². The Labute approximate surface area is 116 Å². The van der Waals surface area contributed by atoms with E-state index < -0.39 is 0 Å². The van der Waals surface area contributed by atoms with E-state index in [9.17, 15) is 4.79 Å². The molecule has 5 heteroatoms. The van der Waals surface area contributed by atoms with Gasteiger partial charge >= 0.3 is 0 Å². The quantitative estimate of drug-likeness (QED) is 0.851. The molecular formula is C13H25ClN2O2. The number of rotatable bonds is 3. The van der Waals surface area contributed by atoms with Crippen molar-refractivity contribution in [3.63, 3.8) is 0 Å². The molecule has 2 rings (SSSR count). The fourth-order valence-corrected chi connectivity index (χ4v) is 3.03. The number of nitrogens with two attached hydrogens (primary N) is 1. The zero-order valence-corrected chi connectivity index (χ0v) is 12.0. The molecule has 1 aliphatic heterocycles. The lowest BCUT2D eigenvalue weighted by Crippen LogP contribution is -2.44. The number of hydrogen-bond acceptors (Lipinski definition) is 3. The Morgan fingerprint density at radius 3 is 2.72 bits per heavy atom. The number of hydrogen-bond donors (Lipinski definition) is 1. The van der Waals surface area contributed by atoms with Crippen molar-refractivity contribution in [3.8, 4) is 0 Å². The summed E-state index contributed by atoms with van der Waals surface area (Å²) in [6.07, 6.45) is 6.37. The number of amides is 1. The van der Waals surface area contributed by atoms with Gasteiger partial charge in [-0.2, -0.15) is 0 Å². The third-order valence-electron chi connectivity index (χ3n) is 4.22. The van der Waals surface area contributed by atoms with Crippen molar-refractivity contribution in [3.05, 3.63) is 0 Å². The van der Waals surface area contributed by atoms with E-state index >= 15 is 0 Å². The molecule has 1 saturated heterocycles. The van der Waals surface area contributed by atoms with Crippen LogP contribution in [0.3, 0.4) is 0 Å². The number of methoxy groups -OCH3 is 1. The first-order valence-corrected chi connectivity index (χ1v) is 6.77. The zero-order valence-electron chi connectivity index (χ0n) is 11.1. The van der Waals surface area contributed by atoms with E-state index in [1.165, 1.54) is 6.42 Å². The van der Waals surface area contributed by atoms with Crippen LogP contribution in [-0.4, -0.2) is 43.2 Å². The lowest BCUT2D eigenvalue weighted by Gasteiger charge is -2.33. The maximum atomic E-state index is 12.2. The Hall–Kier alpha value is -0.320. The van der Waals surface area contributed by atoms with Gasteiger partial charge in [-0.05, 0) is 31.6 Å². The van der Waals surface area contributed by atoms with E-state index in [-0.39, 0.29) is 30.5 Å². The summed E-state index contributed by atoms with van der Waals surface area (Å²) >= 11 is 0. The number of ether oxygens (including phenoxy) is 1. The second kappa shape index (κ2) is 7.31. The van der Waals surface area contributed by atoms with Crippen molar-refractivity contribution in [1.29, 1.82) is 0 Å². The van der Waals surface area contributed by atoms with Gasteiger partial charge in [-0.15, -0.1) is 12.4 Å². The molecule has 2 fully saturated rings. The first-order valence-electron chi connectivity index (χ1n) is 6.77. The molecule has 1 saturated carbocycles. The minimum Gasteiger partial charge on any atom is -0.380 e. The van der Waals surface area contributed by atoms with Gasteiger partial charge in [0.25, 0.3) is 0 Å². The molecular weight excluding hydrogens is 252 g/mol. The van der Waals surface area contributed by atoms with Crippen LogP contribution in [0.4, 0.5) is 0 Å². The lowest BCUT2D eigenvalue weighted by atomic mass is 9.98. The van der Waals surface area contributed by atoms with E-state index in [0.717, 1.165) is 38.8 Å². The molecule has 18 heavy (non-hydrogen) atoms. The molecule has 0 radical (unpaired) electrons. The highest BCUT2D eigenvalue weighted by Crippen LogP contribution is 2.28. The number of nitrogens with zero attached hydrogens (tertiary/aromatic N) is 1. The first-order chi connectivity index (χ1) is 8.20. The van der Waals surface area contributed by atoms with E-state index in [0.29, 0.717) is 12.3 Å². The summed E-state index contributed by atoms with van der Waals surface area (Å²) < 4.78 is 5.34. The summed E-state index contributed by atoms with van der Waals surface area (Å²) in [5.74, 6) is 0.680. The summed E-state index contributed by atoms with van der Waals surface area (Å²) in [7, 11) is 1.73. The Bertz CT molecular complexity index is 276. The number of halogens is 1. The van der Waals surface area contributed by atoms with Gasteiger partial charge in [0.15, 0.2) is 0 Å². The van der Waals surface area contributed by atoms with Crippen LogP contribution in [-0.2, 0) is 9.53 Å². The van der Waals surface area contributed by atoms with Crippen LogP contribution >= 0.6 is 12.4 Å². The van der Waals surface area contributed by atoms with Gasteiger partial charge in [0, 0.05) is 32.7 Å². The molecule has 0 bridgehead atoms. The van der Waals surface area contributed by atoms with Crippen molar-refractivity contribution in [2.75, 3.05) is 20.2 Å². The molecule has 1 heterocycles. The Morgan fingerprint density at radius 2 is 2.11 bits per heavy atom. The minimum absolute atomic E-state index is 0. The van der Waals surface area contributed by atoms with Gasteiger partial charge in [-0.1, -0.05) is 6.42 Å². The van der Waals surface area contributed by atoms with Gasteiger partial charge < -0.3 is 15.4 Å². The van der Waals surface area contributed by atoms with E-state index in [1.54, 1.807) is 7.11 Å². The first kappa shape index (κ1) is 15.7. The molecule has 1 aliphatic carbocycles. The Kier molecular flexibility index (Phi) is 6.39. The molecule has 2 N–H and O–H groups in total. The van der Waals surface area contributed by atoms with Gasteiger partial charge in [0.2, 0.25) is 5.91 Å². The largest absolute Gasteiger partial charge is 0.380 e. The monoisotopic (exact) mass is 276 g/mol. The third-order valence-corrected chi connectivity index (χ3v) is 4.22. The molecule has 106 valence electrons. The summed E-state index contributed by atoms with van der Waals surface area (Å²) in [6, 6.07) is 0.238. The van der Waals surface area contributed by atoms with Gasteiger partial charge in [-0.25, -0.2) is 0 Å². The standard InChI is InChI=1S/C13H24N2O2.ClH/c1-17-11-5-3-7-15(9-11)13(16)8-10-4-2-6-12(10)14;/h10-12H,2-9,14H2,1H3;1H/t10-,11?,12+;/m0./s1. The van der Waals surface area contributed by atoms with Gasteiger partial charge in [-0.3, -0.25) is 4.79 Å². The maximum absolute atomic E-state index is 12.2. The number of carbonyl (C=O) groups is 1. The Balaban J connectivity index is 0.00000162. The summed E-state index contributed by atoms with van der Waals surface area (Å²) in [5.41, 5.74) is 6.01. The summed E-state index contributed by atoms with van der Waals surface area (Å²) in [5, 5.41) is 0. The van der Waals surface area contributed by atoms with Gasteiger partial charge in [0.05, 0.1) is 6.10 Å². The average molecular weight is 277 g/mol. The minimum atomic E-state index is 0. The van der Waals surface area contributed by atoms with E-state index in [2.05, 4.69) is 0 Å². The van der Waals surface area contributed by atoms with Crippen molar-refractivity contribution in [2.24, 2.45) is 11.7 Å². The lowest BCUT2D eigenvalue weighted by molar-refractivity contribution is -0.135. The molecule has 4 nitrogen and oxygen atoms in total. The number of likely N-dealkylation sites (tertiary alicyclic amines) is 1. The smallest absolute Gasteiger partial charge is 0.222 e. The summed E-state index contributed by atoms with van der Waals surface area (Å²) in [4.78, 5) is 14.1. The Morgan fingerprint density at radius 1 is 1.33 bits per heavy atom. The highest BCUT2D eigenvalue weighted by atomic mass is 35.5. The van der Waals surface area contributed by atoms with Crippen molar-refractivity contribution < 1.29 is 9.53 Å². The van der Waals surface area contributed by atoms with E-state index in [1.807, 2.05) is 4.90 Å². The molecule has 2 aliphatic rings. The number of piperidine rings is 1. The van der Waals surface area contributed by atoms with Crippen LogP contribution in [0.2, 0.25) is 0 Å². The highest BCUT2D eigenvalue weighted by molar-refractivity contribution is 5.85. The second-order valence-electron chi connectivity index (χ2n) is 5.40. The SMILES string of the molecule is COC1CCCN(C(=O)C[C@@H]2CCC[C@H]2N)C1.Cl. The summed E-state index contributed by atoms with van der Waals surface area (Å²) in [6.45, 7) is 1.65. The van der Waals surface area contributed by atoms with Crippen molar-refractivity contribution in [1.82, 2.24) is 4.90 Å². The fraction of sp³-hybridized carbons (Fsp3) is 0.923. The normalized spacial score (nSPS) is 32.1. The average Bonchev–Trinajstić information content (AvgIpc) is 2.75.